The van der Waals surface area contributed by atoms with Crippen molar-refractivity contribution in [1.82, 2.24) is 10.2 Å². The highest BCUT2D eigenvalue weighted by Gasteiger charge is 2.32. The van der Waals surface area contributed by atoms with Gasteiger partial charge in [-0.25, -0.2) is 0 Å². The van der Waals surface area contributed by atoms with Crippen molar-refractivity contribution in [2.24, 2.45) is 16.8 Å². The van der Waals surface area contributed by atoms with Crippen LogP contribution in [-0.2, 0) is 0 Å². The van der Waals surface area contributed by atoms with Crippen LogP contribution in [-0.4, -0.2) is 48.0 Å². The van der Waals surface area contributed by atoms with Crippen LogP contribution in [0.5, 0.6) is 0 Å². The topological polar surface area (TPSA) is 27.6 Å². The van der Waals surface area contributed by atoms with Crippen LogP contribution in [0, 0.1) is 11.8 Å². The number of likely N-dealkylation sites (tertiary alicyclic amines) is 1. The van der Waals surface area contributed by atoms with Gasteiger partial charge in [0.05, 0.1) is 0 Å². The molecule has 1 aliphatic carbocycles. The summed E-state index contributed by atoms with van der Waals surface area (Å²) in [6, 6.07) is 0.738. The van der Waals surface area contributed by atoms with Crippen molar-refractivity contribution in [1.29, 1.82) is 0 Å². The fourth-order valence-electron chi connectivity index (χ4n) is 3.60. The van der Waals surface area contributed by atoms with E-state index < -0.39 is 0 Å². The molecule has 19 heavy (non-hydrogen) atoms. The van der Waals surface area contributed by atoms with Crippen molar-refractivity contribution in [3.05, 3.63) is 0 Å². The van der Waals surface area contributed by atoms with Gasteiger partial charge in [-0.3, -0.25) is 4.99 Å². The van der Waals surface area contributed by atoms with Gasteiger partial charge in [0.15, 0.2) is 5.17 Å². The quantitative estimate of drug-likeness (QED) is 0.861. The van der Waals surface area contributed by atoms with E-state index in [1.165, 1.54) is 62.7 Å². The molecule has 1 saturated carbocycles. The zero-order chi connectivity index (χ0) is 13.1. The van der Waals surface area contributed by atoms with Crippen LogP contribution in [0.4, 0.5) is 0 Å². The Labute approximate surface area is 121 Å². The van der Waals surface area contributed by atoms with Crippen LogP contribution in [0.3, 0.4) is 0 Å². The van der Waals surface area contributed by atoms with Crippen molar-refractivity contribution in [2.75, 3.05) is 31.9 Å². The number of hydrogen-bond acceptors (Lipinski definition) is 3. The first-order valence-electron chi connectivity index (χ1n) is 8.01. The van der Waals surface area contributed by atoms with Gasteiger partial charge < -0.3 is 10.2 Å². The van der Waals surface area contributed by atoms with Crippen LogP contribution in [0.15, 0.2) is 4.99 Å². The summed E-state index contributed by atoms with van der Waals surface area (Å²) >= 11 is 1.96. The standard InChI is InChI=1S/C15H27N3S/c1-2-18-8-6-12(7-9-18)10-16-15-17-14-5-3-4-13(14)11-19-15/h12-14H,2-11H2,1H3,(H,16,17). The molecule has 1 N–H and O–H groups in total. The number of nitrogens with zero attached hydrogens (tertiary/aromatic N) is 2. The zero-order valence-electron chi connectivity index (χ0n) is 12.1. The van der Waals surface area contributed by atoms with Gasteiger partial charge in [0, 0.05) is 18.3 Å². The number of rotatable bonds is 3. The number of amidine groups is 1. The third-order valence-electron chi connectivity index (χ3n) is 5.05. The van der Waals surface area contributed by atoms with Crippen LogP contribution in [0.2, 0.25) is 0 Å². The van der Waals surface area contributed by atoms with E-state index in [0.29, 0.717) is 0 Å². The van der Waals surface area contributed by atoms with E-state index in [9.17, 15) is 0 Å². The second kappa shape index (κ2) is 6.49. The zero-order valence-corrected chi connectivity index (χ0v) is 12.9. The van der Waals surface area contributed by atoms with Crippen molar-refractivity contribution in [3.63, 3.8) is 0 Å². The first-order valence-corrected chi connectivity index (χ1v) is 9.00. The lowest BCUT2D eigenvalue weighted by molar-refractivity contribution is 0.196. The van der Waals surface area contributed by atoms with Crippen LogP contribution < -0.4 is 5.32 Å². The predicted octanol–water partition coefficient (Wildman–Crippen LogP) is 2.58. The van der Waals surface area contributed by atoms with Gasteiger partial charge in [-0.1, -0.05) is 25.1 Å². The van der Waals surface area contributed by atoms with Crippen molar-refractivity contribution >= 4 is 16.9 Å². The Bertz CT molecular complexity index is 323. The molecule has 0 amide bonds. The average molecular weight is 281 g/mol. The second-order valence-corrected chi connectivity index (χ2v) is 7.29. The fraction of sp³-hybridized carbons (Fsp3) is 0.933. The van der Waals surface area contributed by atoms with Crippen molar-refractivity contribution in [3.8, 4) is 0 Å². The lowest BCUT2D eigenvalue weighted by Gasteiger charge is -2.31. The molecule has 2 unspecified atom stereocenters. The number of piperidine rings is 1. The first kappa shape index (κ1) is 13.7. The minimum atomic E-state index is 0.738. The largest absolute Gasteiger partial charge is 0.362 e. The molecule has 0 aromatic carbocycles. The summed E-state index contributed by atoms with van der Waals surface area (Å²) in [7, 11) is 0. The lowest BCUT2D eigenvalue weighted by Crippen LogP contribution is -2.42. The maximum absolute atomic E-state index is 4.87. The van der Waals surface area contributed by atoms with Gasteiger partial charge >= 0.3 is 0 Å². The fourth-order valence-corrected chi connectivity index (χ4v) is 4.77. The molecule has 0 spiro atoms. The maximum atomic E-state index is 4.87. The Morgan fingerprint density at radius 3 is 2.89 bits per heavy atom. The van der Waals surface area contributed by atoms with Gasteiger partial charge in [0.1, 0.15) is 0 Å². The molecule has 108 valence electrons. The van der Waals surface area contributed by atoms with Gasteiger partial charge in [-0.05, 0) is 57.2 Å². The molecule has 0 bridgehead atoms. The lowest BCUT2D eigenvalue weighted by atomic mass is 9.97. The molecule has 3 rings (SSSR count). The van der Waals surface area contributed by atoms with Gasteiger partial charge in [-0.15, -0.1) is 0 Å². The van der Waals surface area contributed by atoms with Crippen molar-refractivity contribution in [2.45, 2.75) is 45.1 Å². The highest BCUT2D eigenvalue weighted by atomic mass is 32.2. The first-order chi connectivity index (χ1) is 9.35. The number of aliphatic imine (C=N–C) groups is 1. The predicted molar refractivity (Wildman–Crippen MR) is 83.9 cm³/mol. The number of fused-ring (bicyclic) bond motifs is 1. The molecule has 2 atom stereocenters. The molecular weight excluding hydrogens is 254 g/mol. The molecule has 2 heterocycles. The minimum absolute atomic E-state index is 0.738. The molecule has 4 heteroatoms. The van der Waals surface area contributed by atoms with Crippen LogP contribution in [0.25, 0.3) is 0 Å². The average Bonchev–Trinajstić information content (AvgIpc) is 2.93. The summed E-state index contributed by atoms with van der Waals surface area (Å²) in [6.07, 6.45) is 6.86. The summed E-state index contributed by atoms with van der Waals surface area (Å²) in [5.41, 5.74) is 0. The molecule has 2 saturated heterocycles. The Kier molecular flexibility index (Phi) is 4.69. The third-order valence-corrected chi connectivity index (χ3v) is 6.16. The van der Waals surface area contributed by atoms with Crippen molar-refractivity contribution < 1.29 is 0 Å². The summed E-state index contributed by atoms with van der Waals surface area (Å²) < 4.78 is 0. The Morgan fingerprint density at radius 1 is 1.26 bits per heavy atom. The van der Waals surface area contributed by atoms with Crippen LogP contribution in [0.1, 0.15) is 39.0 Å². The van der Waals surface area contributed by atoms with E-state index in [0.717, 1.165) is 24.4 Å². The van der Waals surface area contributed by atoms with Gasteiger partial charge in [0.25, 0.3) is 0 Å². The molecular formula is C15H27N3S. The van der Waals surface area contributed by atoms with E-state index in [1.54, 1.807) is 0 Å². The van der Waals surface area contributed by atoms with E-state index in [4.69, 9.17) is 4.99 Å². The Morgan fingerprint density at radius 2 is 2.11 bits per heavy atom. The highest BCUT2D eigenvalue weighted by molar-refractivity contribution is 8.13. The molecule has 0 aromatic rings. The SMILES string of the molecule is CCN1CCC(CN=C2NC3CCCC3CS2)CC1. The van der Waals surface area contributed by atoms with E-state index >= 15 is 0 Å². The molecule has 3 nitrogen and oxygen atoms in total. The second-order valence-electron chi connectivity index (χ2n) is 6.28. The summed E-state index contributed by atoms with van der Waals surface area (Å²) in [4.78, 5) is 7.42. The third kappa shape index (κ3) is 3.46. The number of thioether (sulfide) groups is 1. The van der Waals surface area contributed by atoms with E-state index in [2.05, 4.69) is 17.1 Å². The monoisotopic (exact) mass is 281 g/mol. The Hall–Kier alpha value is -0.220. The number of nitrogens with one attached hydrogen (secondary N) is 1. The summed E-state index contributed by atoms with van der Waals surface area (Å²) in [6.45, 7) is 7.07. The molecule has 3 fully saturated rings. The van der Waals surface area contributed by atoms with E-state index in [1.807, 2.05) is 11.8 Å². The normalized spacial score (nSPS) is 35.3. The summed E-state index contributed by atoms with van der Waals surface area (Å²) in [5, 5.41) is 4.91. The van der Waals surface area contributed by atoms with Gasteiger partial charge in [0.2, 0.25) is 0 Å². The highest BCUT2D eigenvalue weighted by Crippen LogP contribution is 2.33. The number of hydrogen-bond donors (Lipinski definition) is 1. The summed E-state index contributed by atoms with van der Waals surface area (Å²) in [5.74, 6) is 3.03. The molecule has 3 aliphatic rings. The van der Waals surface area contributed by atoms with Crippen LogP contribution >= 0.6 is 11.8 Å². The molecule has 0 aromatic heterocycles. The van der Waals surface area contributed by atoms with E-state index in [-0.39, 0.29) is 0 Å². The molecule has 2 aliphatic heterocycles. The Balaban J connectivity index is 1.45. The van der Waals surface area contributed by atoms with Gasteiger partial charge in [-0.2, -0.15) is 0 Å². The maximum Gasteiger partial charge on any atom is 0.156 e. The molecule has 0 radical (unpaired) electrons. The minimum Gasteiger partial charge on any atom is -0.362 e. The smallest absolute Gasteiger partial charge is 0.156 e.